The Hall–Kier alpha value is -3.34. The third-order valence-electron chi connectivity index (χ3n) is 7.84. The molecule has 0 bridgehead atoms. The molecular formula is C30H27Cl2FN4O4. The number of aromatic nitrogens is 3. The minimum Gasteiger partial charge on any atom is -0.387 e. The van der Waals surface area contributed by atoms with Gasteiger partial charge >= 0.3 is 0 Å². The highest BCUT2D eigenvalue weighted by molar-refractivity contribution is 6.30. The number of benzene rings is 2. The molecule has 2 N–H and O–H groups in total. The largest absolute Gasteiger partial charge is 0.387 e. The maximum Gasteiger partial charge on any atom is 0.257 e. The molecule has 1 fully saturated rings. The van der Waals surface area contributed by atoms with Gasteiger partial charge in [-0.2, -0.15) is 5.10 Å². The maximum atomic E-state index is 16.5. The number of aryl methyl sites for hydroxylation is 1. The summed E-state index contributed by atoms with van der Waals surface area (Å²) in [4.78, 5) is 20.0. The van der Waals surface area contributed by atoms with E-state index < -0.39 is 28.7 Å². The van der Waals surface area contributed by atoms with Crippen molar-refractivity contribution in [3.8, 4) is 0 Å². The molecule has 2 aromatic carbocycles. The zero-order valence-corrected chi connectivity index (χ0v) is 23.8. The molecule has 1 aliphatic heterocycles. The van der Waals surface area contributed by atoms with Crippen LogP contribution >= 0.6 is 23.2 Å². The lowest BCUT2D eigenvalue weighted by atomic mass is 9.85. The van der Waals surface area contributed by atoms with Gasteiger partial charge in [-0.3, -0.25) is 19.4 Å². The van der Waals surface area contributed by atoms with E-state index in [4.69, 9.17) is 27.9 Å². The van der Waals surface area contributed by atoms with Gasteiger partial charge in [0.2, 0.25) is 0 Å². The molecule has 0 radical (unpaired) electrons. The van der Waals surface area contributed by atoms with Crippen LogP contribution in [0, 0.1) is 5.82 Å². The number of hydrogen-bond donors (Lipinski definition) is 2. The molecule has 8 nitrogen and oxygen atoms in total. The monoisotopic (exact) mass is 596 g/mol. The predicted molar refractivity (Wildman–Crippen MR) is 150 cm³/mol. The Labute approximate surface area is 245 Å². The quantitative estimate of drug-likeness (QED) is 0.299. The number of pyridine rings is 1. The van der Waals surface area contributed by atoms with Crippen LogP contribution in [0.4, 0.5) is 4.39 Å². The number of halogens is 3. The summed E-state index contributed by atoms with van der Waals surface area (Å²) >= 11 is 12.3. The molecule has 0 spiro atoms. The number of ether oxygens (including phenoxy) is 1. The molecule has 41 heavy (non-hydrogen) atoms. The van der Waals surface area contributed by atoms with Crippen LogP contribution in [0.5, 0.6) is 0 Å². The summed E-state index contributed by atoms with van der Waals surface area (Å²) in [7, 11) is 1.71. The van der Waals surface area contributed by atoms with Crippen LogP contribution in [0.2, 0.25) is 10.0 Å². The molecule has 2 atom stereocenters. The van der Waals surface area contributed by atoms with Gasteiger partial charge in [0.05, 0.1) is 46.8 Å². The van der Waals surface area contributed by atoms with Gasteiger partial charge in [0, 0.05) is 35.6 Å². The molecule has 11 heteroatoms. The Morgan fingerprint density at radius 2 is 1.78 bits per heavy atom. The average molecular weight is 597 g/mol. The summed E-state index contributed by atoms with van der Waals surface area (Å²) in [6.45, 7) is 1.33. The molecule has 2 aliphatic rings. The van der Waals surface area contributed by atoms with E-state index in [2.05, 4.69) is 10.1 Å². The Kier molecular flexibility index (Phi) is 6.71. The lowest BCUT2D eigenvalue weighted by Gasteiger charge is -2.40. The van der Waals surface area contributed by atoms with Crippen molar-refractivity contribution >= 4 is 29.1 Å². The number of carbonyl (C=O) groups excluding carboxylic acids is 1. The smallest absolute Gasteiger partial charge is 0.257 e. The first kappa shape index (κ1) is 27.8. The van der Waals surface area contributed by atoms with Crippen molar-refractivity contribution in [2.75, 3.05) is 6.61 Å². The lowest BCUT2D eigenvalue weighted by Crippen LogP contribution is -2.48. The molecule has 2 aromatic heterocycles. The van der Waals surface area contributed by atoms with Crippen LogP contribution in [-0.2, 0) is 29.7 Å². The third-order valence-corrected chi connectivity index (χ3v) is 8.31. The zero-order chi connectivity index (χ0) is 29.2. The Balaban J connectivity index is 1.56. The third kappa shape index (κ3) is 4.81. The van der Waals surface area contributed by atoms with Crippen LogP contribution < -0.4 is 0 Å². The van der Waals surface area contributed by atoms with E-state index in [-0.39, 0.29) is 29.8 Å². The number of fused-ring (bicyclic) bond motifs is 1. The number of amides is 1. The number of rotatable bonds is 8. The SMILES string of the molecule is Cn1cc([C@@](C)(O)c2cc(F)c3c(c2)C(=O)N(Cc2ccc(Cl)cn2)[C@@]3(OCC2(O)CC2)c2ccc(Cl)cc2)cn1. The van der Waals surface area contributed by atoms with Gasteiger partial charge in [-0.25, -0.2) is 4.39 Å². The second-order valence-electron chi connectivity index (χ2n) is 10.9. The summed E-state index contributed by atoms with van der Waals surface area (Å²) in [5, 5.41) is 27.2. The van der Waals surface area contributed by atoms with Crippen LogP contribution in [0.1, 0.15) is 58.1 Å². The first-order valence-corrected chi connectivity index (χ1v) is 13.8. The van der Waals surface area contributed by atoms with Crippen LogP contribution in [-0.4, -0.2) is 48.0 Å². The summed E-state index contributed by atoms with van der Waals surface area (Å²) < 4.78 is 24.5. The lowest BCUT2D eigenvalue weighted by molar-refractivity contribution is -0.139. The van der Waals surface area contributed by atoms with Crippen molar-refractivity contribution in [1.29, 1.82) is 0 Å². The van der Waals surface area contributed by atoms with Crippen LogP contribution in [0.3, 0.4) is 0 Å². The molecule has 1 saturated carbocycles. The highest BCUT2D eigenvalue weighted by atomic mass is 35.5. The van der Waals surface area contributed by atoms with Crippen LogP contribution in [0.15, 0.2) is 67.1 Å². The fraction of sp³-hybridized carbons (Fsp3) is 0.300. The van der Waals surface area contributed by atoms with E-state index in [1.807, 2.05) is 0 Å². The highest BCUT2D eigenvalue weighted by Crippen LogP contribution is 2.50. The number of aliphatic hydroxyl groups is 2. The zero-order valence-electron chi connectivity index (χ0n) is 22.3. The molecule has 0 unspecified atom stereocenters. The second-order valence-corrected chi connectivity index (χ2v) is 11.8. The fourth-order valence-electron chi connectivity index (χ4n) is 5.25. The summed E-state index contributed by atoms with van der Waals surface area (Å²) in [5.41, 5.74) is -2.94. The van der Waals surface area contributed by atoms with Gasteiger partial charge in [-0.15, -0.1) is 0 Å². The molecule has 0 saturated heterocycles. The molecule has 212 valence electrons. The van der Waals surface area contributed by atoms with Gasteiger partial charge < -0.3 is 14.9 Å². The van der Waals surface area contributed by atoms with Gasteiger partial charge in [0.25, 0.3) is 5.91 Å². The maximum absolute atomic E-state index is 16.5. The van der Waals surface area contributed by atoms with E-state index >= 15 is 4.39 Å². The Morgan fingerprint density at radius 1 is 1.07 bits per heavy atom. The van der Waals surface area contributed by atoms with Crippen molar-refractivity contribution in [3.63, 3.8) is 0 Å². The summed E-state index contributed by atoms with van der Waals surface area (Å²) in [6, 6.07) is 12.6. The van der Waals surface area contributed by atoms with E-state index in [0.717, 1.165) is 0 Å². The van der Waals surface area contributed by atoms with Gasteiger partial charge in [-0.1, -0.05) is 35.3 Å². The Bertz CT molecular complexity index is 1640. The topological polar surface area (TPSA) is 101 Å². The number of carbonyl (C=O) groups is 1. The summed E-state index contributed by atoms with van der Waals surface area (Å²) in [6.07, 6.45) is 5.63. The van der Waals surface area contributed by atoms with Gasteiger partial charge in [0.1, 0.15) is 11.4 Å². The first-order chi connectivity index (χ1) is 19.4. The molecule has 1 amide bonds. The minimum absolute atomic E-state index is 0.0197. The van der Waals surface area contributed by atoms with Crippen molar-refractivity contribution in [1.82, 2.24) is 19.7 Å². The molecule has 6 rings (SSSR count). The van der Waals surface area contributed by atoms with E-state index in [1.54, 1.807) is 49.6 Å². The fourth-order valence-corrected chi connectivity index (χ4v) is 5.48. The first-order valence-electron chi connectivity index (χ1n) is 13.0. The predicted octanol–water partition coefficient (Wildman–Crippen LogP) is 4.92. The highest BCUT2D eigenvalue weighted by Gasteiger charge is 2.56. The average Bonchev–Trinajstić information content (AvgIpc) is 3.42. The van der Waals surface area contributed by atoms with Gasteiger partial charge in [0.15, 0.2) is 5.72 Å². The van der Waals surface area contributed by atoms with E-state index in [9.17, 15) is 15.0 Å². The normalized spacial score (nSPS) is 20.7. The second kappa shape index (κ2) is 9.89. The van der Waals surface area contributed by atoms with Crippen molar-refractivity contribution in [2.24, 2.45) is 7.05 Å². The standard InChI is InChI=1S/C30H27Cl2FN4O4/c1-28(39,20-13-35-36(2)15-20)19-11-24-26(25(33)12-19)30(41-17-29(40)9-10-29,18-3-5-21(31)6-4-18)37(27(24)38)16-23-8-7-22(32)14-34-23/h3-8,11-15,39-40H,9-10,16-17H2,1-2H3/t28-,30+/m0/s1. The van der Waals surface area contributed by atoms with Crippen molar-refractivity contribution in [2.45, 2.75) is 43.2 Å². The van der Waals surface area contributed by atoms with Crippen molar-refractivity contribution < 1.29 is 24.1 Å². The summed E-state index contributed by atoms with van der Waals surface area (Å²) in [5.74, 6) is -1.28. The molecule has 3 heterocycles. The minimum atomic E-state index is -1.76. The van der Waals surface area contributed by atoms with E-state index in [1.165, 1.54) is 41.0 Å². The Morgan fingerprint density at radius 3 is 2.39 bits per heavy atom. The number of nitrogens with zero attached hydrogens (tertiary/aromatic N) is 4. The van der Waals surface area contributed by atoms with Crippen molar-refractivity contribution in [3.05, 3.63) is 116 Å². The number of hydrogen-bond acceptors (Lipinski definition) is 6. The van der Waals surface area contributed by atoms with E-state index in [0.29, 0.717) is 39.7 Å². The van der Waals surface area contributed by atoms with Gasteiger partial charge in [-0.05, 0) is 61.7 Å². The van der Waals surface area contributed by atoms with Crippen LogP contribution in [0.25, 0.3) is 0 Å². The molecular weight excluding hydrogens is 570 g/mol. The molecule has 4 aromatic rings. The molecule has 1 aliphatic carbocycles.